The Bertz CT molecular complexity index is 510. The Labute approximate surface area is 114 Å². The Kier molecular flexibility index (Phi) is 4.47. The number of ether oxygens (including phenoxy) is 1. The van der Waals surface area contributed by atoms with Gasteiger partial charge in [-0.2, -0.15) is 0 Å². The van der Waals surface area contributed by atoms with Crippen molar-refractivity contribution in [3.8, 4) is 5.75 Å². The van der Waals surface area contributed by atoms with Gasteiger partial charge in [0.05, 0.1) is 10.6 Å². The molecule has 4 nitrogen and oxygen atoms in total. The number of rotatable bonds is 5. The predicted molar refractivity (Wildman–Crippen MR) is 75.0 cm³/mol. The van der Waals surface area contributed by atoms with Crippen LogP contribution in [-0.4, -0.2) is 26.3 Å². The van der Waals surface area contributed by atoms with E-state index >= 15 is 0 Å². The highest BCUT2D eigenvalue weighted by Crippen LogP contribution is 2.24. The van der Waals surface area contributed by atoms with Crippen LogP contribution >= 0.6 is 0 Å². The average molecular weight is 283 g/mol. The molecule has 1 saturated carbocycles. The minimum Gasteiger partial charge on any atom is -0.490 e. The van der Waals surface area contributed by atoms with Crippen LogP contribution in [0.3, 0.4) is 0 Å². The van der Waals surface area contributed by atoms with Crippen molar-refractivity contribution in [2.45, 2.75) is 49.6 Å². The minimum atomic E-state index is -3.14. The first-order valence-corrected chi connectivity index (χ1v) is 8.41. The molecular weight excluding hydrogens is 262 g/mol. The molecule has 19 heavy (non-hydrogen) atoms. The lowest BCUT2D eigenvalue weighted by molar-refractivity contribution is 0.208. The van der Waals surface area contributed by atoms with Crippen molar-refractivity contribution in [3.05, 3.63) is 24.3 Å². The zero-order valence-electron chi connectivity index (χ0n) is 11.2. The second-order valence-corrected chi connectivity index (χ2v) is 7.21. The lowest BCUT2D eigenvalue weighted by Crippen LogP contribution is -2.19. The quantitative estimate of drug-likeness (QED) is 0.898. The fourth-order valence-electron chi connectivity index (χ4n) is 2.38. The molecular formula is C14H21NO3S. The topological polar surface area (TPSA) is 69.4 Å². The summed E-state index contributed by atoms with van der Waals surface area (Å²) in [6.45, 7) is 1.86. The van der Waals surface area contributed by atoms with E-state index in [0.29, 0.717) is 11.3 Å². The van der Waals surface area contributed by atoms with Gasteiger partial charge in [-0.15, -0.1) is 0 Å². The SMILES string of the molecule is CCCS(=O)(=O)c1ccc(OC2CCC(N)C2)cc1. The predicted octanol–water partition coefficient (Wildman–Crippen LogP) is 2.13. The van der Waals surface area contributed by atoms with Crippen LogP contribution in [0.4, 0.5) is 0 Å². The van der Waals surface area contributed by atoms with Crippen molar-refractivity contribution < 1.29 is 13.2 Å². The number of hydrogen-bond acceptors (Lipinski definition) is 4. The van der Waals surface area contributed by atoms with Gasteiger partial charge in [-0.25, -0.2) is 8.42 Å². The molecule has 2 atom stereocenters. The van der Waals surface area contributed by atoms with E-state index in [0.717, 1.165) is 25.0 Å². The van der Waals surface area contributed by atoms with Crippen LogP contribution in [0.5, 0.6) is 5.75 Å². The molecule has 1 fully saturated rings. The van der Waals surface area contributed by atoms with Crippen LogP contribution in [0.1, 0.15) is 32.6 Å². The van der Waals surface area contributed by atoms with Crippen LogP contribution in [0.15, 0.2) is 29.2 Å². The van der Waals surface area contributed by atoms with E-state index in [9.17, 15) is 8.42 Å². The molecule has 2 rings (SSSR count). The lowest BCUT2D eigenvalue weighted by atomic mass is 10.3. The highest BCUT2D eigenvalue weighted by Gasteiger charge is 2.23. The van der Waals surface area contributed by atoms with Crippen molar-refractivity contribution in [1.29, 1.82) is 0 Å². The monoisotopic (exact) mass is 283 g/mol. The molecule has 1 aliphatic carbocycles. The average Bonchev–Trinajstić information content (AvgIpc) is 2.75. The van der Waals surface area contributed by atoms with Gasteiger partial charge in [0.2, 0.25) is 0 Å². The summed E-state index contributed by atoms with van der Waals surface area (Å²) in [7, 11) is -3.14. The molecule has 0 spiro atoms. The summed E-state index contributed by atoms with van der Waals surface area (Å²) in [5, 5.41) is 0. The van der Waals surface area contributed by atoms with Crippen LogP contribution in [0.25, 0.3) is 0 Å². The maximum atomic E-state index is 11.9. The van der Waals surface area contributed by atoms with Gasteiger partial charge < -0.3 is 10.5 Å². The Morgan fingerprint density at radius 1 is 1.26 bits per heavy atom. The molecule has 0 heterocycles. The minimum absolute atomic E-state index is 0.160. The normalized spacial score (nSPS) is 23.5. The smallest absolute Gasteiger partial charge is 0.178 e. The summed E-state index contributed by atoms with van der Waals surface area (Å²) in [6.07, 6.45) is 3.62. The van der Waals surface area contributed by atoms with Gasteiger partial charge in [0.25, 0.3) is 0 Å². The third-order valence-electron chi connectivity index (χ3n) is 3.38. The van der Waals surface area contributed by atoms with Crippen LogP contribution < -0.4 is 10.5 Å². The van der Waals surface area contributed by atoms with Gasteiger partial charge in [-0.05, 0) is 49.9 Å². The Morgan fingerprint density at radius 2 is 1.95 bits per heavy atom. The summed E-state index contributed by atoms with van der Waals surface area (Å²) in [5.41, 5.74) is 5.83. The summed E-state index contributed by atoms with van der Waals surface area (Å²) in [6, 6.07) is 6.93. The van der Waals surface area contributed by atoms with Crippen molar-refractivity contribution in [1.82, 2.24) is 0 Å². The fraction of sp³-hybridized carbons (Fsp3) is 0.571. The molecule has 2 unspecified atom stereocenters. The first kappa shape index (κ1) is 14.3. The van der Waals surface area contributed by atoms with Gasteiger partial charge in [0.1, 0.15) is 11.9 Å². The summed E-state index contributed by atoms with van der Waals surface area (Å²) < 4.78 is 29.5. The molecule has 5 heteroatoms. The molecule has 0 aromatic heterocycles. The van der Waals surface area contributed by atoms with E-state index in [1.165, 1.54) is 0 Å². The molecule has 0 amide bonds. The third-order valence-corrected chi connectivity index (χ3v) is 5.32. The standard InChI is InChI=1S/C14H21NO3S/c1-2-9-19(16,17)14-7-5-12(6-8-14)18-13-4-3-11(15)10-13/h5-8,11,13H,2-4,9-10,15H2,1H3. The van der Waals surface area contributed by atoms with Crippen LogP contribution in [-0.2, 0) is 9.84 Å². The molecule has 0 bridgehead atoms. The molecule has 0 aliphatic heterocycles. The van der Waals surface area contributed by atoms with E-state index in [1.54, 1.807) is 24.3 Å². The largest absolute Gasteiger partial charge is 0.490 e. The summed E-state index contributed by atoms with van der Waals surface area (Å²) >= 11 is 0. The Morgan fingerprint density at radius 3 is 2.47 bits per heavy atom. The maximum Gasteiger partial charge on any atom is 0.178 e. The zero-order valence-corrected chi connectivity index (χ0v) is 12.0. The second-order valence-electron chi connectivity index (χ2n) is 5.10. The molecule has 2 N–H and O–H groups in total. The molecule has 0 radical (unpaired) electrons. The van der Waals surface area contributed by atoms with Crippen molar-refractivity contribution in [2.24, 2.45) is 5.73 Å². The van der Waals surface area contributed by atoms with Gasteiger partial charge in [0.15, 0.2) is 9.84 Å². The lowest BCUT2D eigenvalue weighted by Gasteiger charge is -2.13. The Balaban J connectivity index is 2.02. The van der Waals surface area contributed by atoms with E-state index in [4.69, 9.17) is 10.5 Å². The van der Waals surface area contributed by atoms with Gasteiger partial charge in [-0.1, -0.05) is 6.92 Å². The van der Waals surface area contributed by atoms with Crippen LogP contribution in [0.2, 0.25) is 0 Å². The van der Waals surface area contributed by atoms with Crippen molar-refractivity contribution >= 4 is 9.84 Å². The highest BCUT2D eigenvalue weighted by atomic mass is 32.2. The van der Waals surface area contributed by atoms with E-state index in [-0.39, 0.29) is 17.9 Å². The molecule has 1 aromatic rings. The second kappa shape index (κ2) is 5.92. The number of benzene rings is 1. The molecule has 1 aromatic carbocycles. The fourth-order valence-corrected chi connectivity index (χ4v) is 3.71. The zero-order chi connectivity index (χ0) is 13.9. The van der Waals surface area contributed by atoms with Crippen molar-refractivity contribution in [3.63, 3.8) is 0 Å². The summed E-state index contributed by atoms with van der Waals surface area (Å²) in [4.78, 5) is 0.366. The van der Waals surface area contributed by atoms with Gasteiger partial charge in [0, 0.05) is 6.04 Å². The van der Waals surface area contributed by atoms with E-state index in [1.807, 2.05) is 6.92 Å². The first-order chi connectivity index (χ1) is 9.01. The van der Waals surface area contributed by atoms with E-state index < -0.39 is 9.84 Å². The molecule has 0 saturated heterocycles. The number of nitrogens with two attached hydrogens (primary N) is 1. The number of sulfone groups is 1. The van der Waals surface area contributed by atoms with E-state index in [2.05, 4.69) is 0 Å². The first-order valence-electron chi connectivity index (χ1n) is 6.76. The molecule has 1 aliphatic rings. The number of hydrogen-bond donors (Lipinski definition) is 1. The van der Waals surface area contributed by atoms with Crippen LogP contribution in [0, 0.1) is 0 Å². The summed E-state index contributed by atoms with van der Waals surface area (Å²) in [5.74, 6) is 0.902. The Hall–Kier alpha value is -1.07. The molecule has 106 valence electrons. The van der Waals surface area contributed by atoms with Gasteiger partial charge in [-0.3, -0.25) is 0 Å². The maximum absolute atomic E-state index is 11.9. The van der Waals surface area contributed by atoms with Gasteiger partial charge >= 0.3 is 0 Å². The van der Waals surface area contributed by atoms with Crippen molar-refractivity contribution in [2.75, 3.05) is 5.75 Å². The third kappa shape index (κ3) is 3.70. The highest BCUT2D eigenvalue weighted by molar-refractivity contribution is 7.91.